The second-order valence-electron chi connectivity index (χ2n) is 9.31. The van der Waals surface area contributed by atoms with Crippen LogP contribution in [0.2, 0.25) is 0 Å². The number of piperidine rings is 1. The number of rotatable bonds is 6. The molecule has 0 N–H and O–H groups in total. The van der Waals surface area contributed by atoms with Crippen molar-refractivity contribution in [1.29, 1.82) is 0 Å². The van der Waals surface area contributed by atoms with Gasteiger partial charge in [-0.25, -0.2) is 9.78 Å². The van der Waals surface area contributed by atoms with Crippen LogP contribution in [-0.2, 0) is 32.0 Å². The third kappa shape index (κ3) is 3.81. The molecule has 2 atom stereocenters. The number of thiophene rings is 1. The van der Waals surface area contributed by atoms with Gasteiger partial charge in [0.1, 0.15) is 0 Å². The van der Waals surface area contributed by atoms with Crippen LogP contribution >= 0.6 is 11.3 Å². The van der Waals surface area contributed by atoms with E-state index < -0.39 is 0 Å². The third-order valence-corrected chi connectivity index (χ3v) is 8.41. The topological polar surface area (TPSA) is 71.0 Å². The van der Waals surface area contributed by atoms with Crippen molar-refractivity contribution in [2.75, 3.05) is 13.6 Å². The SMILES string of the molecule is Cn1c(=O)c2c(ncn2CC[N+]2(C)C3CCC2CC(OCc2ccsc2)C3)n(C)c1=O.[Br-]. The first-order valence-corrected chi connectivity index (χ1v) is 11.9. The van der Waals surface area contributed by atoms with E-state index in [4.69, 9.17) is 4.74 Å². The average Bonchev–Trinajstić information content (AvgIpc) is 3.45. The maximum atomic E-state index is 12.7. The van der Waals surface area contributed by atoms with Gasteiger partial charge in [0.15, 0.2) is 11.2 Å². The Hall–Kier alpha value is -1.75. The summed E-state index contributed by atoms with van der Waals surface area (Å²) in [5.74, 6) is 0. The quantitative estimate of drug-likeness (QED) is 0.383. The summed E-state index contributed by atoms with van der Waals surface area (Å²) in [6.07, 6.45) is 6.70. The van der Waals surface area contributed by atoms with Crippen molar-refractivity contribution >= 4 is 22.5 Å². The van der Waals surface area contributed by atoms with Crippen molar-refractivity contribution in [3.63, 3.8) is 0 Å². The molecule has 2 aliphatic heterocycles. The maximum Gasteiger partial charge on any atom is 0.332 e. The number of imidazole rings is 1. The molecule has 5 heterocycles. The summed E-state index contributed by atoms with van der Waals surface area (Å²) in [5.41, 5.74) is 1.62. The Balaban J connectivity index is 0.00000245. The van der Waals surface area contributed by atoms with Crippen LogP contribution in [0.15, 0.2) is 32.7 Å². The minimum atomic E-state index is -0.343. The Labute approximate surface area is 201 Å². The molecule has 8 nitrogen and oxygen atoms in total. The Morgan fingerprint density at radius 1 is 1.19 bits per heavy atom. The first-order chi connectivity index (χ1) is 14.9. The largest absolute Gasteiger partial charge is 1.00 e. The molecule has 10 heteroatoms. The molecule has 2 saturated heterocycles. The summed E-state index contributed by atoms with van der Waals surface area (Å²) >= 11 is 1.72. The lowest BCUT2D eigenvalue weighted by Gasteiger charge is -2.47. The standard InChI is InChI=1S/C22H30N5O3S.BrH/c1-24-20-19(21(28)25(2)22(24)29)26(14-23-20)7-8-27(3)16-4-5-17(27)11-18(10-16)30-12-15-6-9-31-13-15;/h6,9,13-14,16-18H,4-5,7-8,10-12H2,1-3H3;1H/q+1;/p-1. The minimum Gasteiger partial charge on any atom is -1.00 e. The van der Waals surface area contributed by atoms with Gasteiger partial charge >= 0.3 is 5.69 Å². The highest BCUT2D eigenvalue weighted by Gasteiger charge is 2.51. The molecule has 0 radical (unpaired) electrons. The smallest absolute Gasteiger partial charge is 0.332 e. The van der Waals surface area contributed by atoms with Crippen LogP contribution in [-0.4, -0.2) is 54.9 Å². The number of quaternary nitrogens is 1. The summed E-state index contributed by atoms with van der Waals surface area (Å²) in [6.45, 7) is 2.37. The molecule has 3 aromatic rings. The van der Waals surface area contributed by atoms with Gasteiger partial charge in [-0.1, -0.05) is 0 Å². The molecule has 0 saturated carbocycles. The van der Waals surface area contributed by atoms with Crippen LogP contribution in [0.4, 0.5) is 0 Å². The van der Waals surface area contributed by atoms with E-state index in [0.717, 1.165) is 28.4 Å². The molecular formula is C22H30BrN5O3S. The lowest BCUT2D eigenvalue weighted by molar-refractivity contribution is -0.950. The Morgan fingerprint density at radius 3 is 2.56 bits per heavy atom. The molecule has 5 rings (SSSR count). The molecule has 174 valence electrons. The zero-order valence-electron chi connectivity index (χ0n) is 18.7. The predicted octanol–water partition coefficient (Wildman–Crippen LogP) is -1.14. The highest BCUT2D eigenvalue weighted by Crippen LogP contribution is 2.42. The van der Waals surface area contributed by atoms with Crippen LogP contribution < -0.4 is 28.2 Å². The van der Waals surface area contributed by atoms with Gasteiger partial charge in [-0.3, -0.25) is 13.9 Å². The lowest BCUT2D eigenvalue weighted by Crippen LogP contribution is -3.00. The van der Waals surface area contributed by atoms with Gasteiger partial charge in [0.25, 0.3) is 5.56 Å². The van der Waals surface area contributed by atoms with E-state index in [2.05, 4.69) is 28.9 Å². The van der Waals surface area contributed by atoms with Crippen molar-refractivity contribution in [3.8, 4) is 0 Å². The second kappa shape index (κ2) is 8.89. The first kappa shape index (κ1) is 23.4. The third-order valence-electron chi connectivity index (χ3n) is 7.68. The zero-order valence-corrected chi connectivity index (χ0v) is 21.1. The molecule has 32 heavy (non-hydrogen) atoms. The fraction of sp³-hybridized carbons (Fsp3) is 0.591. The van der Waals surface area contributed by atoms with Crippen molar-refractivity contribution in [1.82, 2.24) is 18.7 Å². The molecule has 0 aromatic carbocycles. The van der Waals surface area contributed by atoms with Gasteiger partial charge in [-0.05, 0) is 22.4 Å². The Morgan fingerprint density at radius 2 is 1.91 bits per heavy atom. The molecule has 0 spiro atoms. The normalized spacial score (nSPS) is 27.0. The Kier molecular flexibility index (Phi) is 6.50. The van der Waals surface area contributed by atoms with Crippen molar-refractivity contribution in [2.45, 2.75) is 57.0 Å². The van der Waals surface area contributed by atoms with Crippen LogP contribution in [0.3, 0.4) is 0 Å². The van der Waals surface area contributed by atoms with Crippen LogP contribution in [0.5, 0.6) is 0 Å². The number of hydrogen-bond acceptors (Lipinski definition) is 5. The van der Waals surface area contributed by atoms with Gasteiger partial charge in [-0.15, -0.1) is 0 Å². The van der Waals surface area contributed by atoms with Crippen LogP contribution in [0.1, 0.15) is 31.2 Å². The molecule has 2 aliphatic rings. The predicted molar refractivity (Wildman–Crippen MR) is 120 cm³/mol. The molecule has 0 aliphatic carbocycles. The van der Waals surface area contributed by atoms with Crippen LogP contribution in [0.25, 0.3) is 11.2 Å². The molecule has 3 aromatic heterocycles. The van der Waals surface area contributed by atoms with Crippen LogP contribution in [0, 0.1) is 0 Å². The zero-order chi connectivity index (χ0) is 21.8. The molecular weight excluding hydrogens is 494 g/mol. The highest BCUT2D eigenvalue weighted by atomic mass is 79.9. The molecule has 0 amide bonds. The first-order valence-electron chi connectivity index (χ1n) is 11.0. The number of aromatic nitrogens is 4. The fourth-order valence-electron chi connectivity index (χ4n) is 5.67. The van der Waals surface area contributed by atoms with Crippen molar-refractivity contribution in [3.05, 3.63) is 49.6 Å². The second-order valence-corrected chi connectivity index (χ2v) is 10.1. The number of nitrogens with zero attached hydrogens (tertiary/aromatic N) is 5. The van der Waals surface area contributed by atoms with E-state index in [0.29, 0.717) is 42.5 Å². The van der Waals surface area contributed by atoms with E-state index in [9.17, 15) is 9.59 Å². The minimum absolute atomic E-state index is 0. The molecule has 2 bridgehead atoms. The number of halogens is 1. The van der Waals surface area contributed by atoms with Crippen molar-refractivity contribution < 1.29 is 26.2 Å². The average molecular weight is 524 g/mol. The number of likely N-dealkylation sites (N-methyl/N-ethyl adjacent to an activating group) is 1. The van der Waals surface area contributed by atoms with Gasteiger partial charge in [0, 0.05) is 39.8 Å². The number of ether oxygens (including phenoxy) is 1. The van der Waals surface area contributed by atoms with E-state index in [-0.39, 0.29) is 28.2 Å². The molecule has 2 fully saturated rings. The summed E-state index contributed by atoms with van der Waals surface area (Å²) in [4.78, 5) is 29.3. The van der Waals surface area contributed by atoms with Gasteiger partial charge < -0.3 is 30.8 Å². The van der Waals surface area contributed by atoms with E-state index in [1.807, 2.05) is 4.57 Å². The number of aryl methyl sites for hydroxylation is 1. The number of fused-ring (bicyclic) bond motifs is 3. The summed E-state index contributed by atoms with van der Waals surface area (Å²) < 4.78 is 11.8. The fourth-order valence-corrected chi connectivity index (χ4v) is 6.33. The van der Waals surface area contributed by atoms with E-state index >= 15 is 0 Å². The van der Waals surface area contributed by atoms with Gasteiger partial charge in [0.2, 0.25) is 0 Å². The number of hydrogen-bond donors (Lipinski definition) is 0. The summed E-state index contributed by atoms with van der Waals surface area (Å²) in [7, 11) is 5.55. The highest BCUT2D eigenvalue weighted by molar-refractivity contribution is 7.07. The van der Waals surface area contributed by atoms with E-state index in [1.165, 1.54) is 30.0 Å². The Bertz CT molecular complexity index is 1200. The van der Waals surface area contributed by atoms with E-state index in [1.54, 1.807) is 24.7 Å². The monoisotopic (exact) mass is 523 g/mol. The van der Waals surface area contributed by atoms with Gasteiger partial charge in [-0.2, -0.15) is 11.3 Å². The maximum absolute atomic E-state index is 12.7. The lowest BCUT2D eigenvalue weighted by atomic mass is 9.96. The van der Waals surface area contributed by atoms with Crippen molar-refractivity contribution in [2.24, 2.45) is 14.1 Å². The molecule has 2 unspecified atom stereocenters. The van der Waals surface area contributed by atoms with Gasteiger partial charge in [0.05, 0.1) is 51.3 Å². The summed E-state index contributed by atoms with van der Waals surface area (Å²) in [6, 6.07) is 3.32. The summed E-state index contributed by atoms with van der Waals surface area (Å²) in [5, 5.41) is 4.26.